The molecule has 132 valence electrons. The van der Waals surface area contributed by atoms with Gasteiger partial charge in [0.25, 0.3) is 0 Å². The lowest BCUT2D eigenvalue weighted by Gasteiger charge is -2.06. The summed E-state index contributed by atoms with van der Waals surface area (Å²) >= 11 is 1.39. The second-order valence-corrected chi connectivity index (χ2v) is 7.29. The van der Waals surface area contributed by atoms with Gasteiger partial charge in [-0.15, -0.1) is 11.3 Å². The van der Waals surface area contributed by atoms with E-state index >= 15 is 0 Å². The third-order valence-electron chi connectivity index (χ3n) is 4.26. The normalized spacial score (nSPS) is 18.5. The highest BCUT2D eigenvalue weighted by molar-refractivity contribution is 7.16. The third-order valence-corrected chi connectivity index (χ3v) is 5.22. The Bertz CT molecular complexity index is 781. The predicted octanol–water partition coefficient (Wildman–Crippen LogP) is 3.98. The first kappa shape index (κ1) is 17.5. The molecule has 1 N–H and O–H groups in total. The summed E-state index contributed by atoms with van der Waals surface area (Å²) in [4.78, 5) is 25.5. The van der Waals surface area contributed by atoms with Crippen molar-refractivity contribution in [1.29, 1.82) is 0 Å². The van der Waals surface area contributed by atoms with E-state index in [0.29, 0.717) is 17.2 Å². The van der Waals surface area contributed by atoms with Crippen LogP contribution in [0.1, 0.15) is 40.1 Å². The molecule has 1 heterocycles. The zero-order valence-corrected chi connectivity index (χ0v) is 15.3. The second kappa shape index (κ2) is 7.27. The number of methoxy groups -OCH3 is 1. The molecule has 6 heteroatoms. The Labute approximate surface area is 151 Å². The van der Waals surface area contributed by atoms with Crippen molar-refractivity contribution in [1.82, 2.24) is 0 Å². The van der Waals surface area contributed by atoms with Crippen LogP contribution in [0, 0.1) is 12.8 Å². The van der Waals surface area contributed by atoms with Gasteiger partial charge in [0, 0.05) is 10.8 Å². The maximum absolute atomic E-state index is 12.5. The summed E-state index contributed by atoms with van der Waals surface area (Å²) in [6, 6.07) is 9.56. The van der Waals surface area contributed by atoms with Crippen molar-refractivity contribution in [3.8, 4) is 5.75 Å². The van der Waals surface area contributed by atoms with Crippen LogP contribution < -0.4 is 10.1 Å². The zero-order valence-electron chi connectivity index (χ0n) is 14.5. The van der Waals surface area contributed by atoms with E-state index in [-0.39, 0.29) is 17.7 Å². The largest absolute Gasteiger partial charge is 0.497 e. The van der Waals surface area contributed by atoms with Gasteiger partial charge in [0.1, 0.15) is 10.8 Å². The van der Waals surface area contributed by atoms with Gasteiger partial charge in [0.15, 0.2) is 0 Å². The van der Waals surface area contributed by atoms with Gasteiger partial charge >= 0.3 is 5.97 Å². The van der Waals surface area contributed by atoms with E-state index in [0.717, 1.165) is 22.6 Å². The van der Waals surface area contributed by atoms with E-state index in [1.54, 1.807) is 20.1 Å². The summed E-state index contributed by atoms with van der Waals surface area (Å²) < 4.78 is 10.2. The van der Waals surface area contributed by atoms with Crippen molar-refractivity contribution in [2.24, 2.45) is 5.92 Å². The fourth-order valence-corrected chi connectivity index (χ4v) is 3.78. The summed E-state index contributed by atoms with van der Waals surface area (Å²) in [5.41, 5.74) is 1.56. The van der Waals surface area contributed by atoms with Crippen LogP contribution in [-0.4, -0.2) is 25.6 Å². The smallest absolute Gasteiger partial charge is 0.341 e. The number of hydrogen-bond donors (Lipinski definition) is 1. The number of ether oxygens (including phenoxy) is 2. The Hall–Kier alpha value is -2.34. The maximum Gasteiger partial charge on any atom is 0.341 e. The van der Waals surface area contributed by atoms with Crippen LogP contribution in [0.3, 0.4) is 0 Å². The number of rotatable bonds is 6. The lowest BCUT2D eigenvalue weighted by molar-refractivity contribution is -0.117. The molecular weight excluding hydrogens is 338 g/mol. The van der Waals surface area contributed by atoms with Crippen LogP contribution in [0.4, 0.5) is 5.00 Å². The van der Waals surface area contributed by atoms with Gasteiger partial charge in [-0.1, -0.05) is 12.1 Å². The van der Waals surface area contributed by atoms with Crippen molar-refractivity contribution >= 4 is 28.2 Å². The molecule has 1 aliphatic carbocycles. The van der Waals surface area contributed by atoms with Gasteiger partial charge in [-0.3, -0.25) is 4.79 Å². The number of anilines is 1. The number of amides is 1. The zero-order chi connectivity index (χ0) is 18.0. The topological polar surface area (TPSA) is 64.6 Å². The number of carbonyl (C=O) groups is 2. The molecule has 0 saturated heterocycles. The molecule has 1 aromatic heterocycles. The molecular formula is C19H21NO4S. The van der Waals surface area contributed by atoms with Crippen LogP contribution >= 0.6 is 11.3 Å². The van der Waals surface area contributed by atoms with E-state index < -0.39 is 5.97 Å². The van der Waals surface area contributed by atoms with Crippen LogP contribution in [-0.2, 0) is 9.53 Å². The van der Waals surface area contributed by atoms with Gasteiger partial charge in [-0.05, 0) is 49.9 Å². The standard InChI is InChI=1S/C19H21NO4S/c1-4-24-19(22)16-9-11(2)25-18(16)20-17(21)15-10-14(15)12-5-7-13(23-3)8-6-12/h5-9,14-15H,4,10H2,1-3H3,(H,20,21). The van der Waals surface area contributed by atoms with Gasteiger partial charge in [-0.2, -0.15) is 0 Å². The molecule has 2 unspecified atom stereocenters. The first-order chi connectivity index (χ1) is 12.0. The van der Waals surface area contributed by atoms with Crippen LogP contribution in [0.15, 0.2) is 30.3 Å². The fourth-order valence-electron chi connectivity index (χ4n) is 2.88. The molecule has 2 atom stereocenters. The molecule has 1 saturated carbocycles. The molecule has 1 aliphatic rings. The van der Waals surface area contributed by atoms with Crippen molar-refractivity contribution in [2.75, 3.05) is 19.0 Å². The van der Waals surface area contributed by atoms with Crippen molar-refractivity contribution in [2.45, 2.75) is 26.2 Å². The Morgan fingerprint density at radius 1 is 1.28 bits per heavy atom. The maximum atomic E-state index is 12.5. The van der Waals surface area contributed by atoms with Gasteiger partial charge < -0.3 is 14.8 Å². The molecule has 2 aromatic rings. The molecule has 3 rings (SSSR count). The minimum atomic E-state index is -0.398. The van der Waals surface area contributed by atoms with Crippen molar-refractivity contribution in [3.05, 3.63) is 46.3 Å². The van der Waals surface area contributed by atoms with E-state index in [9.17, 15) is 9.59 Å². The van der Waals surface area contributed by atoms with Gasteiger partial charge in [0.2, 0.25) is 5.91 Å². The average molecular weight is 359 g/mol. The first-order valence-corrected chi connectivity index (χ1v) is 9.07. The lowest BCUT2D eigenvalue weighted by Crippen LogP contribution is -2.16. The monoisotopic (exact) mass is 359 g/mol. The molecule has 0 radical (unpaired) electrons. The Kier molecular flexibility index (Phi) is 5.08. The van der Waals surface area contributed by atoms with Crippen LogP contribution in [0.25, 0.3) is 0 Å². The Morgan fingerprint density at radius 2 is 2.00 bits per heavy atom. The highest BCUT2D eigenvalue weighted by Gasteiger charge is 2.44. The van der Waals surface area contributed by atoms with E-state index in [4.69, 9.17) is 9.47 Å². The summed E-state index contributed by atoms with van der Waals surface area (Å²) in [6.45, 7) is 3.97. The quantitative estimate of drug-likeness (QED) is 0.792. The number of benzene rings is 1. The summed E-state index contributed by atoms with van der Waals surface area (Å²) in [5.74, 6) is 0.514. The molecule has 0 bridgehead atoms. The molecule has 1 aromatic carbocycles. The highest BCUT2D eigenvalue weighted by Crippen LogP contribution is 2.48. The minimum Gasteiger partial charge on any atom is -0.497 e. The fraction of sp³-hybridized carbons (Fsp3) is 0.368. The van der Waals surface area contributed by atoms with Crippen molar-refractivity contribution < 1.29 is 19.1 Å². The third kappa shape index (κ3) is 3.85. The molecule has 5 nitrogen and oxygen atoms in total. The number of carbonyl (C=O) groups excluding carboxylic acids is 2. The molecule has 0 spiro atoms. The number of thiophene rings is 1. The molecule has 25 heavy (non-hydrogen) atoms. The molecule has 0 aliphatic heterocycles. The number of hydrogen-bond acceptors (Lipinski definition) is 5. The number of esters is 1. The molecule has 1 fully saturated rings. The summed E-state index contributed by atoms with van der Waals surface area (Å²) in [7, 11) is 1.63. The number of nitrogens with one attached hydrogen (secondary N) is 1. The summed E-state index contributed by atoms with van der Waals surface area (Å²) in [6.07, 6.45) is 0.817. The Morgan fingerprint density at radius 3 is 2.64 bits per heavy atom. The average Bonchev–Trinajstić information content (AvgIpc) is 3.32. The molecule has 1 amide bonds. The predicted molar refractivity (Wildman–Crippen MR) is 97.5 cm³/mol. The number of aryl methyl sites for hydroxylation is 1. The minimum absolute atomic E-state index is 0.0479. The second-order valence-electron chi connectivity index (χ2n) is 6.03. The SMILES string of the molecule is CCOC(=O)c1cc(C)sc1NC(=O)C1CC1c1ccc(OC)cc1. The van der Waals surface area contributed by atoms with Crippen LogP contribution in [0.5, 0.6) is 5.75 Å². The van der Waals surface area contributed by atoms with Crippen LogP contribution in [0.2, 0.25) is 0 Å². The van der Waals surface area contributed by atoms with E-state index in [2.05, 4.69) is 5.32 Å². The van der Waals surface area contributed by atoms with Gasteiger partial charge in [-0.25, -0.2) is 4.79 Å². The van der Waals surface area contributed by atoms with Crippen molar-refractivity contribution in [3.63, 3.8) is 0 Å². The van der Waals surface area contributed by atoms with Gasteiger partial charge in [0.05, 0.1) is 19.3 Å². The Balaban J connectivity index is 1.66. The lowest BCUT2D eigenvalue weighted by atomic mass is 10.1. The first-order valence-electron chi connectivity index (χ1n) is 8.25. The van der Waals surface area contributed by atoms with E-state index in [1.165, 1.54) is 11.3 Å². The van der Waals surface area contributed by atoms with E-state index in [1.807, 2.05) is 31.2 Å². The summed E-state index contributed by atoms with van der Waals surface area (Å²) in [5, 5.41) is 3.48. The highest BCUT2D eigenvalue weighted by atomic mass is 32.1.